The monoisotopic (exact) mass is 289 g/mol. The summed E-state index contributed by atoms with van der Waals surface area (Å²) >= 11 is 0. The minimum Gasteiger partial charge on any atom is -0.395 e. The highest BCUT2D eigenvalue weighted by Crippen LogP contribution is 2.17. The zero-order valence-corrected chi connectivity index (χ0v) is 13.1. The van der Waals surface area contributed by atoms with Gasteiger partial charge in [-0.2, -0.15) is 0 Å². The van der Waals surface area contributed by atoms with Crippen molar-refractivity contribution >= 4 is 5.91 Å². The van der Waals surface area contributed by atoms with E-state index >= 15 is 0 Å². The van der Waals surface area contributed by atoms with E-state index in [0.29, 0.717) is 12.0 Å². The van der Waals surface area contributed by atoms with E-state index < -0.39 is 5.54 Å². The van der Waals surface area contributed by atoms with Gasteiger partial charge in [-0.05, 0) is 44.5 Å². The van der Waals surface area contributed by atoms with Gasteiger partial charge in [0.25, 0.3) is 5.91 Å². The van der Waals surface area contributed by atoms with Gasteiger partial charge in [-0.15, -0.1) is 0 Å². The van der Waals surface area contributed by atoms with Gasteiger partial charge in [0.05, 0.1) is 18.8 Å². The van der Waals surface area contributed by atoms with Crippen LogP contribution in [0.3, 0.4) is 0 Å². The second kappa shape index (κ2) is 7.26. The molecule has 1 aromatic rings. The fourth-order valence-electron chi connectivity index (χ4n) is 1.77. The highest BCUT2D eigenvalue weighted by Gasteiger charge is 2.27. The third-order valence-electron chi connectivity index (χ3n) is 3.39. The van der Waals surface area contributed by atoms with Crippen LogP contribution in [0.2, 0.25) is 0 Å². The fraction of sp³-hybridized carbons (Fsp3) is 0.471. The van der Waals surface area contributed by atoms with Crippen LogP contribution in [0, 0.1) is 18.8 Å². The number of hydrogen-bond acceptors (Lipinski definition) is 3. The molecule has 4 nitrogen and oxygen atoms in total. The predicted octanol–water partition coefficient (Wildman–Crippen LogP) is 1.57. The quantitative estimate of drug-likeness (QED) is 0.827. The SMILES string of the molecule is Cc1cc(C#CCCO)cc(C(=O)N(C)C(C)(C)CO)c1. The molecule has 0 unspecified atom stereocenters. The molecule has 0 radical (unpaired) electrons. The number of rotatable bonds is 4. The number of carbonyl (C=O) groups is 1. The summed E-state index contributed by atoms with van der Waals surface area (Å²) in [6.07, 6.45) is 0.411. The van der Waals surface area contributed by atoms with Crippen LogP contribution in [0.5, 0.6) is 0 Å². The van der Waals surface area contributed by atoms with Crippen LogP contribution in [0.1, 0.15) is 41.8 Å². The first-order valence-corrected chi connectivity index (χ1v) is 6.92. The molecular formula is C17H23NO3. The molecule has 0 aliphatic carbocycles. The number of hydrogen-bond donors (Lipinski definition) is 2. The average Bonchev–Trinajstić information content (AvgIpc) is 2.45. The number of aliphatic hydroxyl groups is 2. The maximum absolute atomic E-state index is 12.5. The summed E-state index contributed by atoms with van der Waals surface area (Å²) < 4.78 is 0. The van der Waals surface area contributed by atoms with Crippen molar-refractivity contribution in [3.63, 3.8) is 0 Å². The Labute approximate surface area is 126 Å². The molecule has 21 heavy (non-hydrogen) atoms. The van der Waals surface area contributed by atoms with Crippen molar-refractivity contribution in [2.45, 2.75) is 32.7 Å². The summed E-state index contributed by atoms with van der Waals surface area (Å²) in [6, 6.07) is 5.45. The Morgan fingerprint density at radius 3 is 2.52 bits per heavy atom. The Hall–Kier alpha value is -1.83. The first-order valence-electron chi connectivity index (χ1n) is 6.92. The van der Waals surface area contributed by atoms with E-state index in [9.17, 15) is 9.90 Å². The standard InChI is InChI=1S/C17H23NO3/c1-13-9-14(7-5-6-8-19)11-15(10-13)16(21)18(4)17(2,3)12-20/h9-11,19-20H,6,8,12H2,1-4H3. The van der Waals surface area contributed by atoms with Crippen molar-refractivity contribution in [1.82, 2.24) is 4.90 Å². The molecule has 0 saturated heterocycles. The molecule has 0 aromatic heterocycles. The van der Waals surface area contributed by atoms with E-state index in [-0.39, 0.29) is 19.1 Å². The summed E-state index contributed by atoms with van der Waals surface area (Å²) in [4.78, 5) is 14.0. The van der Waals surface area contributed by atoms with E-state index in [1.807, 2.05) is 32.9 Å². The molecule has 114 valence electrons. The molecule has 0 saturated carbocycles. The Morgan fingerprint density at radius 1 is 1.29 bits per heavy atom. The van der Waals surface area contributed by atoms with Gasteiger partial charge in [0.2, 0.25) is 0 Å². The molecule has 0 bridgehead atoms. The maximum Gasteiger partial charge on any atom is 0.254 e. The number of likely N-dealkylation sites (N-methyl/N-ethyl adjacent to an activating group) is 1. The largest absolute Gasteiger partial charge is 0.395 e. The maximum atomic E-state index is 12.5. The summed E-state index contributed by atoms with van der Waals surface area (Å²) in [6.45, 7) is 5.44. The average molecular weight is 289 g/mol. The lowest BCUT2D eigenvalue weighted by Crippen LogP contribution is -2.47. The van der Waals surface area contributed by atoms with E-state index in [1.165, 1.54) is 4.90 Å². The highest BCUT2D eigenvalue weighted by molar-refractivity contribution is 5.95. The lowest BCUT2D eigenvalue weighted by Gasteiger charge is -2.34. The molecule has 1 aromatic carbocycles. The zero-order valence-electron chi connectivity index (χ0n) is 13.1. The summed E-state index contributed by atoms with van der Waals surface area (Å²) in [5, 5.41) is 18.1. The van der Waals surface area contributed by atoms with Gasteiger partial charge >= 0.3 is 0 Å². The van der Waals surface area contributed by atoms with Crippen LogP contribution in [0.4, 0.5) is 0 Å². The molecule has 0 aliphatic rings. The summed E-state index contributed by atoms with van der Waals surface area (Å²) in [7, 11) is 1.68. The van der Waals surface area contributed by atoms with Crippen molar-refractivity contribution in [3.8, 4) is 11.8 Å². The number of amides is 1. The molecular weight excluding hydrogens is 266 g/mol. The summed E-state index contributed by atoms with van der Waals surface area (Å²) in [5.41, 5.74) is 1.63. The molecule has 0 fully saturated rings. The lowest BCUT2D eigenvalue weighted by molar-refractivity contribution is 0.0473. The van der Waals surface area contributed by atoms with Crippen LogP contribution in [0.15, 0.2) is 18.2 Å². The van der Waals surface area contributed by atoms with E-state index in [4.69, 9.17) is 5.11 Å². The van der Waals surface area contributed by atoms with Crippen molar-refractivity contribution in [1.29, 1.82) is 0 Å². The van der Waals surface area contributed by atoms with Crippen molar-refractivity contribution < 1.29 is 15.0 Å². The normalized spacial score (nSPS) is 10.8. The Kier molecular flexibility index (Phi) is 5.95. The molecule has 2 N–H and O–H groups in total. The van der Waals surface area contributed by atoms with Crippen LogP contribution in [0.25, 0.3) is 0 Å². The van der Waals surface area contributed by atoms with Gasteiger partial charge < -0.3 is 15.1 Å². The summed E-state index contributed by atoms with van der Waals surface area (Å²) in [5.74, 6) is 5.64. The smallest absolute Gasteiger partial charge is 0.254 e. The number of carbonyl (C=O) groups excluding carboxylic acids is 1. The third-order valence-corrected chi connectivity index (χ3v) is 3.39. The third kappa shape index (κ3) is 4.59. The number of benzene rings is 1. The van der Waals surface area contributed by atoms with Gasteiger partial charge in [0, 0.05) is 24.6 Å². The topological polar surface area (TPSA) is 60.8 Å². The number of nitrogens with zero attached hydrogens (tertiary/aromatic N) is 1. The van der Waals surface area contributed by atoms with Crippen molar-refractivity contribution in [2.75, 3.05) is 20.3 Å². The minimum absolute atomic E-state index is 0.0258. The Morgan fingerprint density at radius 2 is 1.95 bits per heavy atom. The van der Waals surface area contributed by atoms with Crippen molar-refractivity contribution in [3.05, 3.63) is 34.9 Å². The fourth-order valence-corrected chi connectivity index (χ4v) is 1.77. The predicted molar refractivity (Wildman–Crippen MR) is 83.0 cm³/mol. The first kappa shape index (κ1) is 17.2. The highest BCUT2D eigenvalue weighted by atomic mass is 16.3. The van der Waals surface area contributed by atoms with Gasteiger partial charge in [0.15, 0.2) is 0 Å². The number of aliphatic hydroxyl groups excluding tert-OH is 2. The van der Waals surface area contributed by atoms with Gasteiger partial charge in [-0.1, -0.05) is 11.8 Å². The van der Waals surface area contributed by atoms with Gasteiger partial charge in [0.1, 0.15) is 0 Å². The second-order valence-electron chi connectivity index (χ2n) is 5.70. The molecule has 0 aliphatic heterocycles. The van der Waals surface area contributed by atoms with E-state index in [2.05, 4.69) is 11.8 Å². The lowest BCUT2D eigenvalue weighted by atomic mass is 10.0. The van der Waals surface area contributed by atoms with E-state index in [0.717, 1.165) is 11.1 Å². The van der Waals surface area contributed by atoms with Crippen LogP contribution >= 0.6 is 0 Å². The molecule has 4 heteroatoms. The van der Waals surface area contributed by atoms with Crippen LogP contribution in [-0.2, 0) is 0 Å². The van der Waals surface area contributed by atoms with Crippen LogP contribution < -0.4 is 0 Å². The van der Waals surface area contributed by atoms with Crippen molar-refractivity contribution in [2.24, 2.45) is 0 Å². The second-order valence-corrected chi connectivity index (χ2v) is 5.70. The Balaban J connectivity index is 3.09. The first-order chi connectivity index (χ1) is 9.81. The Bertz CT molecular complexity index is 567. The minimum atomic E-state index is -0.621. The van der Waals surface area contributed by atoms with Crippen LogP contribution in [-0.4, -0.2) is 46.8 Å². The molecule has 1 rings (SSSR count). The number of aryl methyl sites for hydroxylation is 1. The molecule has 0 heterocycles. The molecule has 1 amide bonds. The van der Waals surface area contributed by atoms with E-state index in [1.54, 1.807) is 13.1 Å². The molecule has 0 spiro atoms. The van der Waals surface area contributed by atoms with Gasteiger partial charge in [-0.25, -0.2) is 0 Å². The van der Waals surface area contributed by atoms with Gasteiger partial charge in [-0.3, -0.25) is 4.79 Å². The molecule has 0 atom stereocenters. The zero-order chi connectivity index (χ0) is 16.0.